The Morgan fingerprint density at radius 2 is 1.87 bits per heavy atom. The van der Waals surface area contributed by atoms with Gasteiger partial charge < -0.3 is 19.8 Å². The zero-order chi connectivity index (χ0) is 27.8. The van der Waals surface area contributed by atoms with Gasteiger partial charge in [-0.3, -0.25) is 9.78 Å². The number of nitrogens with zero attached hydrogens (tertiary/aromatic N) is 3. The molecule has 1 saturated carbocycles. The van der Waals surface area contributed by atoms with E-state index in [1.165, 1.54) is 12.4 Å². The Morgan fingerprint density at radius 1 is 1.15 bits per heavy atom. The number of hydrogen-bond donors (Lipinski definition) is 2. The number of hydrogen-bond acceptors (Lipinski definition) is 7. The molecule has 2 aliphatic rings. The molecule has 39 heavy (non-hydrogen) atoms. The largest absolute Gasteiger partial charge is 0.459 e. The fourth-order valence-electron chi connectivity index (χ4n) is 5.60. The Hall–Kier alpha value is -3.21. The quantitative estimate of drug-likeness (QED) is 0.374. The number of aromatic amines is 1. The second-order valence-electron chi connectivity index (χ2n) is 11.5. The molecule has 1 atom stereocenters. The molecule has 0 bridgehead atoms. The Bertz CT molecular complexity index is 1310. The molecule has 1 aliphatic carbocycles. The molecule has 5 rings (SSSR count). The molecule has 3 heterocycles. The van der Waals surface area contributed by atoms with Crippen molar-refractivity contribution in [1.82, 2.24) is 19.9 Å². The van der Waals surface area contributed by atoms with Gasteiger partial charge in [0.15, 0.2) is 5.82 Å². The van der Waals surface area contributed by atoms with Crippen LogP contribution >= 0.6 is 0 Å². The van der Waals surface area contributed by atoms with Crippen molar-refractivity contribution in [3.63, 3.8) is 0 Å². The van der Waals surface area contributed by atoms with E-state index in [0.29, 0.717) is 30.4 Å². The lowest BCUT2D eigenvalue weighted by atomic mass is 9.73. The third-order valence-electron chi connectivity index (χ3n) is 7.66. The second-order valence-corrected chi connectivity index (χ2v) is 11.5. The van der Waals surface area contributed by atoms with Crippen LogP contribution in [0.1, 0.15) is 76.7 Å². The number of carbonyl (C=O) groups is 1. The number of anilines is 1. The highest BCUT2D eigenvalue weighted by Crippen LogP contribution is 2.43. The van der Waals surface area contributed by atoms with Gasteiger partial charge in [-0.15, -0.1) is 0 Å². The van der Waals surface area contributed by atoms with Gasteiger partial charge in [0.25, 0.3) is 0 Å². The molecule has 1 aliphatic heterocycles. The Labute approximate surface area is 225 Å². The number of esters is 1. The van der Waals surface area contributed by atoms with Crippen LogP contribution in [0, 0.1) is 11.7 Å². The van der Waals surface area contributed by atoms with E-state index in [1.54, 1.807) is 39.1 Å². The van der Waals surface area contributed by atoms with Crippen molar-refractivity contribution < 1.29 is 27.4 Å². The molecule has 2 fully saturated rings. The molecule has 0 amide bonds. The van der Waals surface area contributed by atoms with Gasteiger partial charge in [0.05, 0.1) is 17.8 Å². The summed E-state index contributed by atoms with van der Waals surface area (Å²) >= 11 is 0. The number of rotatable bonds is 6. The van der Waals surface area contributed by atoms with Gasteiger partial charge in [-0.25, -0.2) is 23.1 Å². The summed E-state index contributed by atoms with van der Waals surface area (Å²) in [6.07, 6.45) is 5.28. The smallest absolute Gasteiger partial charge is 0.317 e. The zero-order valence-electron chi connectivity index (χ0n) is 22.4. The average molecular weight is 546 g/mol. The van der Waals surface area contributed by atoms with Crippen LogP contribution in [-0.4, -0.2) is 50.6 Å². The van der Waals surface area contributed by atoms with Gasteiger partial charge in [-0.1, -0.05) is 6.07 Å². The third kappa shape index (κ3) is 5.73. The Morgan fingerprint density at radius 3 is 2.51 bits per heavy atom. The standard InChI is InChI=1S/C28H34F3N5O3/c1-26(2,3)39-25(37)27(10-14-38-15-11-27)18-4-5-19-23(21(18)29)36-24(34-19)22(35-20-16-32-12-13-33-20)17-6-8-28(30,31)9-7-17/h4-5,12-13,16-17,22H,6-11,14-15H2,1-3H3,(H,33,35)(H,34,36)/t22-/m0/s1. The van der Waals surface area contributed by atoms with E-state index in [9.17, 15) is 13.6 Å². The van der Waals surface area contributed by atoms with E-state index in [4.69, 9.17) is 9.47 Å². The Kier molecular flexibility index (Phi) is 7.30. The maximum atomic E-state index is 16.3. The number of benzene rings is 1. The highest BCUT2D eigenvalue weighted by Gasteiger charge is 2.47. The van der Waals surface area contributed by atoms with E-state index in [1.807, 2.05) is 0 Å². The number of halogens is 3. The van der Waals surface area contributed by atoms with Gasteiger partial charge in [0.2, 0.25) is 5.92 Å². The molecule has 1 aromatic carbocycles. The van der Waals surface area contributed by atoms with Gasteiger partial charge in [0.1, 0.15) is 28.2 Å². The number of carbonyl (C=O) groups excluding carboxylic acids is 1. The summed E-state index contributed by atoms with van der Waals surface area (Å²) in [6.45, 7) is 5.95. The summed E-state index contributed by atoms with van der Waals surface area (Å²) in [5.74, 6) is -3.08. The number of H-pyrrole nitrogens is 1. The van der Waals surface area contributed by atoms with E-state index in [2.05, 4.69) is 25.3 Å². The fraction of sp³-hybridized carbons (Fsp3) is 0.571. The van der Waals surface area contributed by atoms with Crippen molar-refractivity contribution in [1.29, 1.82) is 0 Å². The fourth-order valence-corrected chi connectivity index (χ4v) is 5.60. The lowest BCUT2D eigenvalue weighted by Gasteiger charge is -2.37. The normalized spacial score (nSPS) is 20.5. The monoisotopic (exact) mass is 545 g/mol. The second kappa shape index (κ2) is 10.4. The SMILES string of the molecule is CC(C)(C)OC(=O)C1(c2ccc3[nH]c([C@@H](Nc4cnccn4)C4CCC(F)(F)CC4)nc3c2F)CCOCC1. The van der Waals surface area contributed by atoms with Gasteiger partial charge >= 0.3 is 5.97 Å². The van der Waals surface area contributed by atoms with Crippen LogP contribution in [0.4, 0.5) is 19.0 Å². The number of ether oxygens (including phenoxy) is 2. The molecule has 210 valence electrons. The first-order valence-corrected chi connectivity index (χ1v) is 13.4. The topological polar surface area (TPSA) is 102 Å². The molecule has 3 aromatic rings. The summed E-state index contributed by atoms with van der Waals surface area (Å²) in [6, 6.07) is 2.80. The van der Waals surface area contributed by atoms with Crippen LogP contribution in [-0.2, 0) is 19.7 Å². The van der Waals surface area contributed by atoms with Gasteiger partial charge in [0, 0.05) is 44.0 Å². The van der Waals surface area contributed by atoms with Crippen molar-refractivity contribution in [3.8, 4) is 0 Å². The first-order valence-electron chi connectivity index (χ1n) is 13.4. The first kappa shape index (κ1) is 27.4. The summed E-state index contributed by atoms with van der Waals surface area (Å²) in [7, 11) is 0. The van der Waals surface area contributed by atoms with Crippen molar-refractivity contribution in [2.75, 3.05) is 18.5 Å². The van der Waals surface area contributed by atoms with Crippen LogP contribution in [0.25, 0.3) is 11.0 Å². The van der Waals surface area contributed by atoms with E-state index >= 15 is 4.39 Å². The number of aromatic nitrogens is 4. The van der Waals surface area contributed by atoms with E-state index < -0.39 is 34.8 Å². The molecule has 1 saturated heterocycles. The molecule has 8 nitrogen and oxygen atoms in total. The molecule has 0 unspecified atom stereocenters. The highest BCUT2D eigenvalue weighted by atomic mass is 19.3. The summed E-state index contributed by atoms with van der Waals surface area (Å²) in [5, 5.41) is 3.28. The summed E-state index contributed by atoms with van der Waals surface area (Å²) < 4.78 is 55.4. The van der Waals surface area contributed by atoms with Crippen molar-refractivity contribution in [3.05, 3.63) is 47.9 Å². The van der Waals surface area contributed by atoms with Crippen LogP contribution in [0.5, 0.6) is 0 Å². The molecule has 2 N–H and O–H groups in total. The number of alkyl halides is 2. The number of imidazole rings is 1. The molecular formula is C28H34F3N5O3. The van der Waals surface area contributed by atoms with Crippen molar-refractivity contribution in [2.45, 2.75) is 82.3 Å². The van der Waals surface area contributed by atoms with Gasteiger partial charge in [-0.05, 0) is 58.4 Å². The minimum absolute atomic E-state index is 0.0870. The Balaban J connectivity index is 1.54. The van der Waals surface area contributed by atoms with Crippen LogP contribution in [0.15, 0.2) is 30.7 Å². The van der Waals surface area contributed by atoms with Crippen molar-refractivity contribution >= 4 is 22.8 Å². The lowest BCUT2D eigenvalue weighted by molar-refractivity contribution is -0.166. The lowest BCUT2D eigenvalue weighted by Crippen LogP contribution is -2.45. The number of nitrogens with one attached hydrogen (secondary N) is 2. The van der Waals surface area contributed by atoms with E-state index in [0.717, 1.165) is 0 Å². The first-order chi connectivity index (χ1) is 18.5. The van der Waals surface area contributed by atoms with Crippen LogP contribution < -0.4 is 5.32 Å². The third-order valence-corrected chi connectivity index (χ3v) is 7.66. The number of fused-ring (bicyclic) bond motifs is 1. The van der Waals surface area contributed by atoms with Crippen LogP contribution in [0.3, 0.4) is 0 Å². The molecule has 11 heteroatoms. The molecule has 0 radical (unpaired) electrons. The predicted molar refractivity (Wildman–Crippen MR) is 139 cm³/mol. The summed E-state index contributed by atoms with van der Waals surface area (Å²) in [5.41, 5.74) is -1.18. The highest BCUT2D eigenvalue weighted by molar-refractivity contribution is 5.86. The minimum Gasteiger partial charge on any atom is -0.459 e. The molecular weight excluding hydrogens is 511 g/mol. The van der Waals surface area contributed by atoms with Crippen LogP contribution in [0.2, 0.25) is 0 Å². The summed E-state index contributed by atoms with van der Waals surface area (Å²) in [4.78, 5) is 29.6. The average Bonchev–Trinajstić information content (AvgIpc) is 3.33. The molecule has 2 aromatic heterocycles. The maximum Gasteiger partial charge on any atom is 0.317 e. The zero-order valence-corrected chi connectivity index (χ0v) is 22.4. The maximum absolute atomic E-state index is 16.3. The molecule has 0 spiro atoms. The minimum atomic E-state index is -2.69. The van der Waals surface area contributed by atoms with Crippen molar-refractivity contribution in [2.24, 2.45) is 5.92 Å². The van der Waals surface area contributed by atoms with E-state index in [-0.39, 0.29) is 55.5 Å². The predicted octanol–water partition coefficient (Wildman–Crippen LogP) is 5.86. The van der Waals surface area contributed by atoms with Gasteiger partial charge in [-0.2, -0.15) is 0 Å².